The first-order chi connectivity index (χ1) is 12.3. The fourth-order valence-corrected chi connectivity index (χ4v) is 2.93. The van der Waals surface area contributed by atoms with Gasteiger partial charge in [-0.25, -0.2) is 0 Å². The Kier molecular flexibility index (Phi) is 6.64. The number of amides is 2. The van der Waals surface area contributed by atoms with Crippen LogP contribution in [0.3, 0.4) is 0 Å². The van der Waals surface area contributed by atoms with Gasteiger partial charge < -0.3 is 15.0 Å². The van der Waals surface area contributed by atoms with Crippen molar-refractivity contribution in [1.29, 1.82) is 0 Å². The Balaban J connectivity index is 2.08. The third-order valence-corrected chi connectivity index (χ3v) is 4.26. The lowest BCUT2D eigenvalue weighted by atomic mass is 10.1. The van der Waals surface area contributed by atoms with Gasteiger partial charge in [-0.15, -0.1) is 0 Å². The second-order valence-corrected chi connectivity index (χ2v) is 6.54. The van der Waals surface area contributed by atoms with Gasteiger partial charge in [0.15, 0.2) is 0 Å². The standard InChI is InChI=1S/C20H23ClN2O3/c1-13-5-7-18(14(2)11-13)23(15(3)24)10-9-20(25)22-17-12-16(21)6-8-19(17)26-4/h5-8,11-12H,9-10H2,1-4H3,(H,22,25). The first-order valence-corrected chi connectivity index (χ1v) is 8.68. The van der Waals surface area contributed by atoms with Crippen molar-refractivity contribution in [3.63, 3.8) is 0 Å². The molecule has 0 aliphatic heterocycles. The number of anilines is 2. The molecular formula is C20H23ClN2O3. The normalized spacial score (nSPS) is 10.3. The molecular weight excluding hydrogens is 352 g/mol. The van der Waals surface area contributed by atoms with E-state index in [0.29, 0.717) is 16.5 Å². The van der Waals surface area contributed by atoms with E-state index in [1.54, 1.807) is 23.1 Å². The summed E-state index contributed by atoms with van der Waals surface area (Å²) in [5.74, 6) is 0.201. The molecule has 0 aliphatic carbocycles. The average molecular weight is 375 g/mol. The van der Waals surface area contributed by atoms with Gasteiger partial charge in [-0.05, 0) is 43.7 Å². The van der Waals surface area contributed by atoms with Gasteiger partial charge in [-0.3, -0.25) is 9.59 Å². The Labute approximate surface area is 158 Å². The molecule has 1 N–H and O–H groups in total. The van der Waals surface area contributed by atoms with Crippen LogP contribution < -0.4 is 15.0 Å². The van der Waals surface area contributed by atoms with Gasteiger partial charge in [-0.1, -0.05) is 29.3 Å². The van der Waals surface area contributed by atoms with Crippen molar-refractivity contribution in [2.75, 3.05) is 23.9 Å². The van der Waals surface area contributed by atoms with E-state index in [9.17, 15) is 9.59 Å². The number of hydrogen-bond acceptors (Lipinski definition) is 3. The number of methoxy groups -OCH3 is 1. The van der Waals surface area contributed by atoms with Gasteiger partial charge in [0.2, 0.25) is 11.8 Å². The van der Waals surface area contributed by atoms with E-state index in [0.717, 1.165) is 16.8 Å². The van der Waals surface area contributed by atoms with Crippen LogP contribution in [0.15, 0.2) is 36.4 Å². The van der Waals surface area contributed by atoms with Crippen LogP contribution in [0.5, 0.6) is 5.75 Å². The van der Waals surface area contributed by atoms with Crippen molar-refractivity contribution in [2.45, 2.75) is 27.2 Å². The molecule has 0 unspecified atom stereocenters. The summed E-state index contributed by atoms with van der Waals surface area (Å²) in [5, 5.41) is 3.29. The fraction of sp³-hybridized carbons (Fsp3) is 0.300. The molecule has 0 spiro atoms. The van der Waals surface area contributed by atoms with Crippen LogP contribution in [0, 0.1) is 13.8 Å². The van der Waals surface area contributed by atoms with Gasteiger partial charge in [0.05, 0.1) is 12.8 Å². The summed E-state index contributed by atoms with van der Waals surface area (Å²) < 4.78 is 5.22. The highest BCUT2D eigenvalue weighted by molar-refractivity contribution is 6.31. The molecule has 2 aromatic rings. The lowest BCUT2D eigenvalue weighted by Crippen LogP contribution is -2.32. The molecule has 0 saturated carbocycles. The molecule has 0 bridgehead atoms. The minimum Gasteiger partial charge on any atom is -0.495 e. The van der Waals surface area contributed by atoms with Crippen LogP contribution in [0.4, 0.5) is 11.4 Å². The Bertz CT molecular complexity index is 821. The van der Waals surface area contributed by atoms with Crippen LogP contribution >= 0.6 is 11.6 Å². The molecule has 2 aromatic carbocycles. The zero-order chi connectivity index (χ0) is 19.3. The van der Waals surface area contributed by atoms with Crippen molar-refractivity contribution in [3.8, 4) is 5.75 Å². The summed E-state index contributed by atoms with van der Waals surface area (Å²) in [5.41, 5.74) is 3.44. The first-order valence-electron chi connectivity index (χ1n) is 8.30. The Morgan fingerprint density at radius 1 is 1.15 bits per heavy atom. The van der Waals surface area contributed by atoms with Crippen molar-refractivity contribution >= 4 is 34.8 Å². The summed E-state index contributed by atoms with van der Waals surface area (Å²) in [4.78, 5) is 26.0. The van der Waals surface area contributed by atoms with Gasteiger partial charge in [0.1, 0.15) is 5.75 Å². The van der Waals surface area contributed by atoms with E-state index in [-0.39, 0.29) is 24.8 Å². The Morgan fingerprint density at radius 3 is 2.50 bits per heavy atom. The van der Waals surface area contributed by atoms with Gasteiger partial charge in [0.25, 0.3) is 0 Å². The molecule has 2 rings (SSSR count). The van der Waals surface area contributed by atoms with E-state index in [4.69, 9.17) is 16.3 Å². The number of nitrogens with zero attached hydrogens (tertiary/aromatic N) is 1. The molecule has 0 atom stereocenters. The highest BCUT2D eigenvalue weighted by Gasteiger charge is 2.16. The lowest BCUT2D eigenvalue weighted by Gasteiger charge is -2.23. The van der Waals surface area contributed by atoms with Crippen LogP contribution in [-0.4, -0.2) is 25.5 Å². The van der Waals surface area contributed by atoms with Gasteiger partial charge >= 0.3 is 0 Å². The van der Waals surface area contributed by atoms with E-state index >= 15 is 0 Å². The number of carbonyl (C=O) groups excluding carboxylic acids is 2. The quantitative estimate of drug-likeness (QED) is 0.817. The number of carbonyl (C=O) groups is 2. The molecule has 6 heteroatoms. The monoisotopic (exact) mass is 374 g/mol. The minimum absolute atomic E-state index is 0.106. The van der Waals surface area contributed by atoms with Crippen molar-refractivity contribution in [1.82, 2.24) is 0 Å². The number of benzene rings is 2. The van der Waals surface area contributed by atoms with Gasteiger partial charge in [0, 0.05) is 30.6 Å². The van der Waals surface area contributed by atoms with E-state index in [1.807, 2.05) is 32.0 Å². The Hall–Kier alpha value is -2.53. The summed E-state index contributed by atoms with van der Waals surface area (Å²) in [6.45, 7) is 5.74. The summed E-state index contributed by atoms with van der Waals surface area (Å²) >= 11 is 5.98. The smallest absolute Gasteiger partial charge is 0.226 e. The lowest BCUT2D eigenvalue weighted by molar-refractivity contribution is -0.117. The summed E-state index contributed by atoms with van der Waals surface area (Å²) in [7, 11) is 1.52. The number of nitrogens with one attached hydrogen (secondary N) is 1. The topological polar surface area (TPSA) is 58.6 Å². The summed E-state index contributed by atoms with van der Waals surface area (Å²) in [6.07, 6.45) is 0.155. The molecule has 0 fully saturated rings. The molecule has 26 heavy (non-hydrogen) atoms. The Morgan fingerprint density at radius 2 is 1.88 bits per heavy atom. The largest absolute Gasteiger partial charge is 0.495 e. The predicted molar refractivity (Wildman–Crippen MR) is 105 cm³/mol. The molecule has 0 heterocycles. The molecule has 0 aliphatic rings. The van der Waals surface area contributed by atoms with E-state index in [2.05, 4.69) is 5.32 Å². The van der Waals surface area contributed by atoms with E-state index < -0.39 is 0 Å². The maximum atomic E-state index is 12.3. The number of halogens is 1. The van der Waals surface area contributed by atoms with Gasteiger partial charge in [-0.2, -0.15) is 0 Å². The van der Waals surface area contributed by atoms with Crippen molar-refractivity contribution in [2.24, 2.45) is 0 Å². The SMILES string of the molecule is COc1ccc(Cl)cc1NC(=O)CCN(C(C)=O)c1ccc(C)cc1C. The van der Waals surface area contributed by atoms with Crippen molar-refractivity contribution < 1.29 is 14.3 Å². The number of hydrogen-bond donors (Lipinski definition) is 1. The zero-order valence-corrected chi connectivity index (χ0v) is 16.2. The zero-order valence-electron chi connectivity index (χ0n) is 15.4. The molecule has 0 radical (unpaired) electrons. The maximum Gasteiger partial charge on any atom is 0.226 e. The molecule has 0 saturated heterocycles. The third kappa shape index (κ3) is 4.99. The van der Waals surface area contributed by atoms with Crippen LogP contribution in [0.25, 0.3) is 0 Å². The highest BCUT2D eigenvalue weighted by atomic mass is 35.5. The minimum atomic E-state index is -0.221. The van der Waals surface area contributed by atoms with Crippen LogP contribution in [-0.2, 0) is 9.59 Å². The fourth-order valence-electron chi connectivity index (χ4n) is 2.76. The predicted octanol–water partition coefficient (Wildman–Crippen LogP) is 4.35. The maximum absolute atomic E-state index is 12.3. The summed E-state index contributed by atoms with van der Waals surface area (Å²) in [6, 6.07) is 10.9. The second-order valence-electron chi connectivity index (χ2n) is 6.10. The third-order valence-electron chi connectivity index (χ3n) is 4.02. The molecule has 5 nitrogen and oxygen atoms in total. The average Bonchev–Trinajstić information content (AvgIpc) is 2.56. The van der Waals surface area contributed by atoms with Crippen LogP contribution in [0.1, 0.15) is 24.5 Å². The first kappa shape index (κ1) is 19.8. The van der Waals surface area contributed by atoms with Crippen LogP contribution in [0.2, 0.25) is 5.02 Å². The number of aryl methyl sites for hydroxylation is 2. The number of rotatable bonds is 6. The molecule has 2 amide bonds. The van der Waals surface area contributed by atoms with E-state index in [1.165, 1.54) is 14.0 Å². The number of ether oxygens (including phenoxy) is 1. The molecule has 0 aromatic heterocycles. The van der Waals surface area contributed by atoms with Crippen molar-refractivity contribution in [3.05, 3.63) is 52.5 Å². The second kappa shape index (κ2) is 8.72. The highest BCUT2D eigenvalue weighted by Crippen LogP contribution is 2.28. The molecule has 138 valence electrons.